The number of nitrogens with one attached hydrogen (secondary N) is 1. The highest BCUT2D eigenvalue weighted by molar-refractivity contribution is 5.40. The molecule has 0 spiro atoms. The van der Waals surface area contributed by atoms with Gasteiger partial charge in [0.25, 0.3) is 0 Å². The van der Waals surface area contributed by atoms with Gasteiger partial charge in [-0.25, -0.2) is 0 Å². The molecule has 0 heterocycles. The number of hydrogen-bond donors (Lipinski definition) is 2. The second-order valence-electron chi connectivity index (χ2n) is 4.59. The van der Waals surface area contributed by atoms with E-state index < -0.39 is 0 Å². The molecule has 1 aromatic rings. The fourth-order valence-corrected chi connectivity index (χ4v) is 2.53. The molecule has 1 saturated carbocycles. The van der Waals surface area contributed by atoms with Crippen molar-refractivity contribution in [3.63, 3.8) is 0 Å². The van der Waals surface area contributed by atoms with E-state index in [0.717, 1.165) is 5.69 Å². The number of benzene rings is 1. The Morgan fingerprint density at radius 3 is 2.31 bits per heavy atom. The maximum atomic E-state index is 5.70. The van der Waals surface area contributed by atoms with Crippen LogP contribution in [0.25, 0.3) is 0 Å². The van der Waals surface area contributed by atoms with Gasteiger partial charge in [0.1, 0.15) is 0 Å². The van der Waals surface area contributed by atoms with E-state index in [0.29, 0.717) is 12.0 Å². The first-order chi connectivity index (χ1) is 7.79. The molecule has 0 amide bonds. The summed E-state index contributed by atoms with van der Waals surface area (Å²) < 4.78 is 0. The number of anilines is 1. The molecule has 0 radical (unpaired) electrons. The first-order valence-corrected chi connectivity index (χ1v) is 6.02. The van der Waals surface area contributed by atoms with Crippen molar-refractivity contribution in [2.45, 2.75) is 37.6 Å². The van der Waals surface area contributed by atoms with Crippen molar-refractivity contribution < 1.29 is 0 Å². The van der Waals surface area contributed by atoms with Crippen LogP contribution in [-0.4, -0.2) is 6.04 Å². The summed E-state index contributed by atoms with van der Waals surface area (Å²) >= 11 is 0. The first-order valence-electron chi connectivity index (χ1n) is 6.02. The average Bonchev–Trinajstić information content (AvgIpc) is 2.32. The van der Waals surface area contributed by atoms with Crippen LogP contribution in [0.1, 0.15) is 37.2 Å². The van der Waals surface area contributed by atoms with E-state index in [2.05, 4.69) is 24.0 Å². The van der Waals surface area contributed by atoms with Crippen LogP contribution < -0.4 is 11.1 Å². The Hall–Kier alpha value is -1.44. The van der Waals surface area contributed by atoms with E-state index >= 15 is 0 Å². The highest BCUT2D eigenvalue weighted by Gasteiger charge is 2.21. The van der Waals surface area contributed by atoms with Crippen LogP contribution in [0.2, 0.25) is 0 Å². The van der Waals surface area contributed by atoms with Crippen molar-refractivity contribution in [2.75, 3.05) is 5.73 Å². The van der Waals surface area contributed by atoms with Gasteiger partial charge >= 0.3 is 0 Å². The summed E-state index contributed by atoms with van der Waals surface area (Å²) in [4.78, 5) is 0. The highest BCUT2D eigenvalue weighted by Crippen LogP contribution is 2.33. The second kappa shape index (κ2) is 5.06. The summed E-state index contributed by atoms with van der Waals surface area (Å²) in [5.41, 5.74) is 7.99. The molecule has 2 rings (SSSR count). The molecular formula is C14H20N2. The standard InChI is InChI=1S/C14H20N2/c1-2-16-14-9-5-12(6-10-14)11-3-7-13(15)8-4-11/h2-4,7-8,12,14,16H,1,5-6,9-10,15H2. The normalized spacial score (nSPS) is 25.0. The van der Waals surface area contributed by atoms with Crippen LogP contribution in [0.4, 0.5) is 5.69 Å². The molecule has 16 heavy (non-hydrogen) atoms. The molecule has 1 aromatic carbocycles. The smallest absolute Gasteiger partial charge is 0.0314 e. The minimum Gasteiger partial charge on any atom is -0.399 e. The summed E-state index contributed by atoms with van der Waals surface area (Å²) in [7, 11) is 0. The van der Waals surface area contributed by atoms with Crippen molar-refractivity contribution in [1.29, 1.82) is 0 Å². The van der Waals surface area contributed by atoms with E-state index in [4.69, 9.17) is 5.73 Å². The average molecular weight is 216 g/mol. The molecule has 0 unspecified atom stereocenters. The fraction of sp³-hybridized carbons (Fsp3) is 0.429. The third-order valence-corrected chi connectivity index (χ3v) is 3.49. The first kappa shape index (κ1) is 11.1. The van der Waals surface area contributed by atoms with Gasteiger partial charge < -0.3 is 11.1 Å². The summed E-state index contributed by atoms with van der Waals surface area (Å²) in [6.45, 7) is 3.72. The lowest BCUT2D eigenvalue weighted by Gasteiger charge is -2.29. The van der Waals surface area contributed by atoms with Crippen LogP contribution in [0.3, 0.4) is 0 Å². The Kier molecular flexibility index (Phi) is 3.50. The van der Waals surface area contributed by atoms with Crippen LogP contribution in [0, 0.1) is 0 Å². The number of rotatable bonds is 3. The maximum Gasteiger partial charge on any atom is 0.0314 e. The SMILES string of the molecule is C=CNC1CCC(c2ccc(N)cc2)CC1. The van der Waals surface area contributed by atoms with Gasteiger partial charge in [0.2, 0.25) is 0 Å². The van der Waals surface area contributed by atoms with E-state index in [1.807, 2.05) is 18.3 Å². The molecule has 0 aliphatic heterocycles. The summed E-state index contributed by atoms with van der Waals surface area (Å²) in [5, 5.41) is 3.31. The topological polar surface area (TPSA) is 38.0 Å². The molecular weight excluding hydrogens is 196 g/mol. The van der Waals surface area contributed by atoms with Gasteiger partial charge in [0.15, 0.2) is 0 Å². The predicted octanol–water partition coefficient (Wildman–Crippen LogP) is 3.03. The Bertz CT molecular complexity index is 334. The van der Waals surface area contributed by atoms with E-state index in [9.17, 15) is 0 Å². The molecule has 2 nitrogen and oxygen atoms in total. The third-order valence-electron chi connectivity index (χ3n) is 3.49. The quantitative estimate of drug-likeness (QED) is 0.762. The van der Waals surface area contributed by atoms with Crippen LogP contribution >= 0.6 is 0 Å². The molecule has 0 saturated heterocycles. The number of hydrogen-bond acceptors (Lipinski definition) is 2. The molecule has 86 valence electrons. The molecule has 0 aromatic heterocycles. The van der Waals surface area contributed by atoms with Gasteiger partial charge in [0, 0.05) is 11.7 Å². The van der Waals surface area contributed by atoms with Gasteiger partial charge in [-0.3, -0.25) is 0 Å². The van der Waals surface area contributed by atoms with Crippen molar-refractivity contribution in [1.82, 2.24) is 5.32 Å². The van der Waals surface area contributed by atoms with Crippen molar-refractivity contribution >= 4 is 5.69 Å². The van der Waals surface area contributed by atoms with Gasteiger partial charge in [-0.2, -0.15) is 0 Å². The van der Waals surface area contributed by atoms with Gasteiger partial charge in [0.05, 0.1) is 0 Å². The minimum atomic E-state index is 0.627. The Labute approximate surface area is 97.5 Å². The Morgan fingerprint density at radius 2 is 1.75 bits per heavy atom. The molecule has 1 aliphatic carbocycles. The minimum absolute atomic E-state index is 0.627. The van der Waals surface area contributed by atoms with Crippen LogP contribution in [0.15, 0.2) is 37.0 Å². The molecule has 2 heteroatoms. The summed E-state index contributed by atoms with van der Waals surface area (Å²) in [6, 6.07) is 8.97. The Morgan fingerprint density at radius 1 is 1.12 bits per heavy atom. The zero-order valence-corrected chi connectivity index (χ0v) is 9.65. The number of nitrogen functional groups attached to an aromatic ring is 1. The van der Waals surface area contributed by atoms with Crippen LogP contribution in [0.5, 0.6) is 0 Å². The molecule has 1 fully saturated rings. The lowest BCUT2D eigenvalue weighted by Crippen LogP contribution is -2.28. The van der Waals surface area contributed by atoms with E-state index in [-0.39, 0.29) is 0 Å². The molecule has 3 N–H and O–H groups in total. The van der Waals surface area contributed by atoms with Crippen molar-refractivity contribution in [3.8, 4) is 0 Å². The Balaban J connectivity index is 1.93. The van der Waals surface area contributed by atoms with Crippen molar-refractivity contribution in [3.05, 3.63) is 42.6 Å². The maximum absolute atomic E-state index is 5.70. The van der Waals surface area contributed by atoms with E-state index in [1.165, 1.54) is 31.2 Å². The zero-order valence-electron chi connectivity index (χ0n) is 9.65. The predicted molar refractivity (Wildman–Crippen MR) is 69.2 cm³/mol. The number of nitrogens with two attached hydrogens (primary N) is 1. The fourth-order valence-electron chi connectivity index (χ4n) is 2.53. The van der Waals surface area contributed by atoms with Gasteiger partial charge in [-0.15, -0.1) is 0 Å². The molecule has 0 bridgehead atoms. The van der Waals surface area contributed by atoms with Crippen LogP contribution in [-0.2, 0) is 0 Å². The monoisotopic (exact) mass is 216 g/mol. The summed E-state index contributed by atoms with van der Waals surface area (Å²) in [6.07, 6.45) is 6.81. The summed E-state index contributed by atoms with van der Waals surface area (Å²) in [5.74, 6) is 0.712. The van der Waals surface area contributed by atoms with Crippen molar-refractivity contribution in [2.24, 2.45) is 0 Å². The lowest BCUT2D eigenvalue weighted by atomic mass is 9.82. The van der Waals surface area contributed by atoms with Gasteiger partial charge in [-0.1, -0.05) is 18.7 Å². The van der Waals surface area contributed by atoms with E-state index in [1.54, 1.807) is 0 Å². The second-order valence-corrected chi connectivity index (χ2v) is 4.59. The lowest BCUT2D eigenvalue weighted by molar-refractivity contribution is 0.367. The molecule has 0 atom stereocenters. The zero-order chi connectivity index (χ0) is 11.4. The highest BCUT2D eigenvalue weighted by atomic mass is 14.9. The largest absolute Gasteiger partial charge is 0.399 e. The van der Waals surface area contributed by atoms with Gasteiger partial charge in [-0.05, 0) is 55.5 Å². The third kappa shape index (κ3) is 2.57. The molecule has 1 aliphatic rings.